The van der Waals surface area contributed by atoms with Crippen molar-refractivity contribution in [1.82, 2.24) is 10.2 Å². The van der Waals surface area contributed by atoms with Crippen molar-refractivity contribution in [3.8, 4) is 0 Å². The summed E-state index contributed by atoms with van der Waals surface area (Å²) in [5.41, 5.74) is 0.229. The van der Waals surface area contributed by atoms with Gasteiger partial charge in [-0.05, 0) is 40.2 Å². The van der Waals surface area contributed by atoms with Gasteiger partial charge in [0.25, 0.3) is 0 Å². The van der Waals surface area contributed by atoms with E-state index in [9.17, 15) is 0 Å². The van der Waals surface area contributed by atoms with Crippen LogP contribution in [0, 0.1) is 0 Å². The van der Waals surface area contributed by atoms with Gasteiger partial charge in [-0.15, -0.1) is 0 Å². The van der Waals surface area contributed by atoms with E-state index in [1.54, 1.807) is 0 Å². The van der Waals surface area contributed by atoms with Crippen molar-refractivity contribution in [2.45, 2.75) is 70.7 Å². The Hall–Kier alpha value is 0.270. The van der Waals surface area contributed by atoms with E-state index in [0.29, 0.717) is 10.8 Å². The molecule has 0 aromatic rings. The van der Waals surface area contributed by atoms with Crippen LogP contribution in [-0.2, 0) is 0 Å². The summed E-state index contributed by atoms with van der Waals surface area (Å²) in [7, 11) is 0. The molecule has 0 aromatic carbocycles. The van der Waals surface area contributed by atoms with Gasteiger partial charge in [0.1, 0.15) is 0 Å². The zero-order valence-corrected chi connectivity index (χ0v) is 14.0. The number of nitrogens with zero attached hydrogens (tertiary/aromatic N) is 1. The molecule has 1 heterocycles. The highest BCUT2D eigenvalue weighted by atomic mass is 32.2. The van der Waals surface area contributed by atoms with E-state index in [1.165, 1.54) is 31.7 Å². The fourth-order valence-corrected chi connectivity index (χ4v) is 3.47. The normalized spacial score (nSPS) is 23.7. The monoisotopic (exact) mass is 272 g/mol. The van der Waals surface area contributed by atoms with E-state index in [-0.39, 0.29) is 5.54 Å². The smallest absolute Gasteiger partial charge is 0.0218 e. The first-order valence-electron chi connectivity index (χ1n) is 7.36. The fraction of sp³-hybridized carbons (Fsp3) is 1.00. The largest absolute Gasteiger partial charge is 0.311 e. The maximum absolute atomic E-state index is 3.66. The second-order valence-electron chi connectivity index (χ2n) is 7.09. The number of rotatable bonds is 4. The Labute approximate surface area is 118 Å². The molecule has 0 bridgehead atoms. The van der Waals surface area contributed by atoms with Crippen molar-refractivity contribution in [2.75, 3.05) is 25.4 Å². The van der Waals surface area contributed by atoms with Crippen LogP contribution in [0.3, 0.4) is 0 Å². The van der Waals surface area contributed by atoms with E-state index in [0.717, 1.165) is 6.54 Å². The Bertz CT molecular complexity index is 245. The van der Waals surface area contributed by atoms with Crippen LogP contribution in [-0.4, -0.2) is 46.6 Å². The predicted molar refractivity (Wildman–Crippen MR) is 84.6 cm³/mol. The second-order valence-corrected chi connectivity index (χ2v) is 8.89. The molecular weight excluding hydrogens is 240 g/mol. The third-order valence-electron chi connectivity index (χ3n) is 3.73. The minimum Gasteiger partial charge on any atom is -0.311 e. The average molecular weight is 273 g/mol. The molecule has 2 nitrogen and oxygen atoms in total. The Kier molecular flexibility index (Phi) is 6.01. The third kappa shape index (κ3) is 5.94. The molecule has 1 unspecified atom stereocenters. The van der Waals surface area contributed by atoms with Crippen LogP contribution >= 0.6 is 11.8 Å². The lowest BCUT2D eigenvalue weighted by Gasteiger charge is -2.33. The second kappa shape index (κ2) is 6.62. The maximum atomic E-state index is 3.66. The molecule has 1 aliphatic heterocycles. The molecule has 1 N–H and O–H groups in total. The summed E-state index contributed by atoms with van der Waals surface area (Å²) in [5, 5.41) is 3.66. The van der Waals surface area contributed by atoms with Gasteiger partial charge >= 0.3 is 0 Å². The standard InChI is InChI=1S/C15H32N2S/c1-7-13(12-16-14(2,3)4)17-9-8-15(5,6)18-11-10-17/h13,16H,7-12H2,1-6H3. The SMILES string of the molecule is CCC(CNC(C)(C)C)N1CCSC(C)(C)CC1. The fourth-order valence-electron chi connectivity index (χ4n) is 2.36. The molecule has 0 radical (unpaired) electrons. The van der Waals surface area contributed by atoms with Crippen LogP contribution in [0.4, 0.5) is 0 Å². The molecule has 108 valence electrons. The molecule has 1 rings (SSSR count). The van der Waals surface area contributed by atoms with Crippen LogP contribution in [0.2, 0.25) is 0 Å². The third-order valence-corrected chi connectivity index (χ3v) is 5.10. The molecule has 0 amide bonds. The molecule has 1 atom stereocenters. The number of hydrogen-bond acceptors (Lipinski definition) is 3. The van der Waals surface area contributed by atoms with Gasteiger partial charge in [0.05, 0.1) is 0 Å². The Morgan fingerprint density at radius 1 is 1.28 bits per heavy atom. The van der Waals surface area contributed by atoms with Crippen molar-refractivity contribution in [1.29, 1.82) is 0 Å². The summed E-state index contributed by atoms with van der Waals surface area (Å²) < 4.78 is 0.463. The molecule has 1 aliphatic rings. The van der Waals surface area contributed by atoms with E-state index >= 15 is 0 Å². The zero-order chi connectivity index (χ0) is 13.8. The lowest BCUT2D eigenvalue weighted by molar-refractivity contribution is 0.185. The van der Waals surface area contributed by atoms with Crippen LogP contribution in [0.25, 0.3) is 0 Å². The lowest BCUT2D eigenvalue weighted by atomic mass is 10.1. The first-order valence-corrected chi connectivity index (χ1v) is 8.35. The molecule has 1 fully saturated rings. The summed E-state index contributed by atoms with van der Waals surface area (Å²) >= 11 is 2.13. The van der Waals surface area contributed by atoms with Crippen molar-refractivity contribution >= 4 is 11.8 Å². The van der Waals surface area contributed by atoms with Gasteiger partial charge in [0, 0.05) is 35.2 Å². The van der Waals surface area contributed by atoms with E-state index in [2.05, 4.69) is 63.5 Å². The summed E-state index contributed by atoms with van der Waals surface area (Å²) in [5.74, 6) is 1.28. The topological polar surface area (TPSA) is 15.3 Å². The minimum absolute atomic E-state index is 0.229. The minimum atomic E-state index is 0.229. The lowest BCUT2D eigenvalue weighted by Crippen LogP contribution is -2.48. The molecule has 0 aliphatic carbocycles. The van der Waals surface area contributed by atoms with Gasteiger partial charge in [-0.2, -0.15) is 11.8 Å². The first-order chi connectivity index (χ1) is 8.23. The quantitative estimate of drug-likeness (QED) is 0.845. The molecule has 1 saturated heterocycles. The number of nitrogens with one attached hydrogen (secondary N) is 1. The Morgan fingerprint density at radius 2 is 1.94 bits per heavy atom. The molecule has 0 aromatic heterocycles. The van der Waals surface area contributed by atoms with Crippen LogP contribution < -0.4 is 5.32 Å². The summed E-state index contributed by atoms with van der Waals surface area (Å²) in [6.07, 6.45) is 2.55. The van der Waals surface area contributed by atoms with Gasteiger partial charge in [0.15, 0.2) is 0 Å². The number of thioether (sulfide) groups is 1. The Morgan fingerprint density at radius 3 is 2.50 bits per heavy atom. The van der Waals surface area contributed by atoms with Gasteiger partial charge in [-0.25, -0.2) is 0 Å². The zero-order valence-electron chi connectivity index (χ0n) is 13.2. The van der Waals surface area contributed by atoms with Crippen LogP contribution in [0.1, 0.15) is 54.4 Å². The van der Waals surface area contributed by atoms with Crippen molar-refractivity contribution < 1.29 is 0 Å². The van der Waals surface area contributed by atoms with Crippen molar-refractivity contribution in [2.24, 2.45) is 0 Å². The predicted octanol–water partition coefficient (Wildman–Crippen LogP) is 3.37. The first kappa shape index (κ1) is 16.3. The van der Waals surface area contributed by atoms with Gasteiger partial charge in [0.2, 0.25) is 0 Å². The highest BCUT2D eigenvalue weighted by molar-refractivity contribution is 8.00. The van der Waals surface area contributed by atoms with Crippen molar-refractivity contribution in [3.63, 3.8) is 0 Å². The summed E-state index contributed by atoms with van der Waals surface area (Å²) in [6.45, 7) is 17.5. The van der Waals surface area contributed by atoms with Gasteiger partial charge in [-0.3, -0.25) is 4.90 Å². The van der Waals surface area contributed by atoms with Gasteiger partial charge in [-0.1, -0.05) is 20.8 Å². The molecule has 3 heteroatoms. The molecular formula is C15H32N2S. The van der Waals surface area contributed by atoms with E-state index < -0.39 is 0 Å². The van der Waals surface area contributed by atoms with Crippen molar-refractivity contribution in [3.05, 3.63) is 0 Å². The van der Waals surface area contributed by atoms with Crippen LogP contribution in [0.5, 0.6) is 0 Å². The Balaban J connectivity index is 2.49. The maximum Gasteiger partial charge on any atom is 0.0218 e. The van der Waals surface area contributed by atoms with Crippen LogP contribution in [0.15, 0.2) is 0 Å². The average Bonchev–Trinajstić information content (AvgIpc) is 2.40. The molecule has 18 heavy (non-hydrogen) atoms. The molecule has 0 saturated carbocycles. The highest BCUT2D eigenvalue weighted by Gasteiger charge is 2.27. The van der Waals surface area contributed by atoms with E-state index in [4.69, 9.17) is 0 Å². The van der Waals surface area contributed by atoms with Gasteiger partial charge < -0.3 is 5.32 Å². The highest BCUT2D eigenvalue weighted by Crippen LogP contribution is 2.31. The van der Waals surface area contributed by atoms with E-state index in [1.807, 2.05) is 0 Å². The summed E-state index contributed by atoms with van der Waals surface area (Å²) in [4.78, 5) is 2.69. The number of hydrogen-bond donors (Lipinski definition) is 1. The summed E-state index contributed by atoms with van der Waals surface area (Å²) in [6, 6.07) is 0.693. The molecule has 0 spiro atoms.